The van der Waals surface area contributed by atoms with E-state index in [-0.39, 0.29) is 5.54 Å². The van der Waals surface area contributed by atoms with E-state index in [1.54, 1.807) is 0 Å². The zero-order valence-corrected chi connectivity index (χ0v) is 10.9. The third-order valence-corrected chi connectivity index (χ3v) is 2.88. The summed E-state index contributed by atoms with van der Waals surface area (Å²) in [6, 6.07) is 7.73. The quantitative estimate of drug-likeness (QED) is 0.555. The summed E-state index contributed by atoms with van der Waals surface area (Å²) in [6.07, 6.45) is 2.84. The van der Waals surface area contributed by atoms with Crippen LogP contribution in [0.4, 0.5) is 11.4 Å². The van der Waals surface area contributed by atoms with Crippen molar-refractivity contribution in [3.8, 4) is 0 Å². The number of hydrogen-bond donors (Lipinski definition) is 3. The molecule has 2 rings (SSSR count). The Morgan fingerprint density at radius 2 is 2.06 bits per heavy atom. The molecule has 1 aliphatic heterocycles. The highest BCUT2D eigenvalue weighted by Crippen LogP contribution is 2.25. The maximum atomic E-state index is 5.90. The molecule has 0 bridgehead atoms. The molecule has 90 valence electrons. The molecule has 1 aliphatic rings. The predicted octanol–water partition coefficient (Wildman–Crippen LogP) is 2.66. The molecule has 0 unspecified atom stereocenters. The summed E-state index contributed by atoms with van der Waals surface area (Å²) in [5, 5.41) is 6.61. The van der Waals surface area contributed by atoms with Gasteiger partial charge in [0.25, 0.3) is 0 Å². The molecular formula is C13H17N3S. The maximum absolute atomic E-state index is 5.90. The van der Waals surface area contributed by atoms with Crippen molar-refractivity contribution in [2.24, 2.45) is 0 Å². The second-order valence-corrected chi connectivity index (χ2v) is 5.37. The summed E-state index contributed by atoms with van der Waals surface area (Å²) < 4.78 is 0. The van der Waals surface area contributed by atoms with Gasteiger partial charge in [-0.05, 0) is 32.1 Å². The molecule has 4 N–H and O–H groups in total. The normalized spacial score (nSPS) is 18.2. The first-order valence-corrected chi connectivity index (χ1v) is 6.01. The van der Waals surface area contributed by atoms with Gasteiger partial charge in [0.1, 0.15) is 4.99 Å². The number of anilines is 2. The third kappa shape index (κ3) is 2.97. The second kappa shape index (κ2) is 4.37. The number of rotatable bonds is 2. The van der Waals surface area contributed by atoms with E-state index in [1.807, 2.05) is 30.3 Å². The van der Waals surface area contributed by atoms with E-state index in [0.717, 1.165) is 28.5 Å². The molecule has 0 radical (unpaired) electrons. The highest BCUT2D eigenvalue weighted by atomic mass is 32.1. The first-order chi connectivity index (χ1) is 7.96. The smallest absolute Gasteiger partial charge is 0.101 e. The Bertz CT molecular complexity index is 477. The highest BCUT2D eigenvalue weighted by molar-refractivity contribution is 7.80. The summed E-state index contributed by atoms with van der Waals surface area (Å²) in [4.78, 5) is 0.762. The Morgan fingerprint density at radius 3 is 2.71 bits per heavy atom. The van der Waals surface area contributed by atoms with Crippen LogP contribution in [0.3, 0.4) is 0 Å². The largest absolute Gasteiger partial charge is 0.397 e. The van der Waals surface area contributed by atoms with Crippen molar-refractivity contribution >= 4 is 28.6 Å². The number of para-hydroxylation sites is 2. The number of hydrogen-bond acceptors (Lipinski definition) is 3. The average molecular weight is 247 g/mol. The van der Waals surface area contributed by atoms with E-state index >= 15 is 0 Å². The lowest BCUT2D eigenvalue weighted by Gasteiger charge is -2.33. The lowest BCUT2D eigenvalue weighted by Crippen LogP contribution is -2.45. The zero-order valence-electron chi connectivity index (χ0n) is 10.1. The van der Waals surface area contributed by atoms with Crippen LogP contribution in [0, 0.1) is 0 Å². The molecule has 0 fully saturated rings. The standard InChI is InChI=1S/C13H17N3S/c1-13(2)8-9(7-12(17)16-13)15-11-6-4-3-5-10(11)14/h3-7,15H,8,14H2,1-2H3,(H,16,17). The summed E-state index contributed by atoms with van der Waals surface area (Å²) in [7, 11) is 0. The van der Waals surface area contributed by atoms with E-state index in [2.05, 4.69) is 24.5 Å². The fraction of sp³-hybridized carbons (Fsp3) is 0.308. The van der Waals surface area contributed by atoms with Crippen molar-refractivity contribution in [3.63, 3.8) is 0 Å². The van der Waals surface area contributed by atoms with Gasteiger partial charge in [0, 0.05) is 17.7 Å². The minimum Gasteiger partial charge on any atom is -0.397 e. The van der Waals surface area contributed by atoms with Crippen LogP contribution in [0.15, 0.2) is 36.0 Å². The Labute approximate surface area is 107 Å². The van der Waals surface area contributed by atoms with Gasteiger partial charge in [-0.3, -0.25) is 0 Å². The molecule has 4 heteroatoms. The Kier molecular flexibility index (Phi) is 3.07. The minimum atomic E-state index is -0.0162. The van der Waals surface area contributed by atoms with Crippen LogP contribution in [0.2, 0.25) is 0 Å². The minimum absolute atomic E-state index is 0.0162. The molecule has 0 aliphatic carbocycles. The molecule has 0 saturated carbocycles. The number of nitrogens with two attached hydrogens (primary N) is 1. The molecule has 0 spiro atoms. The Balaban J connectivity index is 2.20. The van der Waals surface area contributed by atoms with Crippen LogP contribution >= 0.6 is 12.2 Å². The predicted molar refractivity (Wildman–Crippen MR) is 77.0 cm³/mol. The molecule has 0 amide bonds. The Morgan fingerprint density at radius 1 is 1.35 bits per heavy atom. The van der Waals surface area contributed by atoms with Gasteiger partial charge in [-0.2, -0.15) is 0 Å². The van der Waals surface area contributed by atoms with Crippen molar-refractivity contribution in [1.82, 2.24) is 5.32 Å². The second-order valence-electron chi connectivity index (χ2n) is 4.93. The molecule has 17 heavy (non-hydrogen) atoms. The van der Waals surface area contributed by atoms with Gasteiger partial charge in [-0.25, -0.2) is 0 Å². The number of nitrogen functional groups attached to an aromatic ring is 1. The lowest BCUT2D eigenvalue weighted by molar-refractivity contribution is 0.453. The number of thiocarbonyl (C=S) groups is 1. The molecule has 1 aromatic carbocycles. The molecule has 1 heterocycles. The van der Waals surface area contributed by atoms with Gasteiger partial charge >= 0.3 is 0 Å². The van der Waals surface area contributed by atoms with Crippen LogP contribution in [-0.4, -0.2) is 10.5 Å². The highest BCUT2D eigenvalue weighted by Gasteiger charge is 2.24. The topological polar surface area (TPSA) is 50.1 Å². The van der Waals surface area contributed by atoms with Gasteiger partial charge in [-0.15, -0.1) is 0 Å². The van der Waals surface area contributed by atoms with Crippen LogP contribution in [0.5, 0.6) is 0 Å². The molecular weight excluding hydrogens is 230 g/mol. The molecule has 0 aromatic heterocycles. The third-order valence-electron chi connectivity index (χ3n) is 2.66. The zero-order chi connectivity index (χ0) is 12.5. The van der Waals surface area contributed by atoms with E-state index in [4.69, 9.17) is 18.0 Å². The van der Waals surface area contributed by atoms with Crippen LogP contribution in [0.25, 0.3) is 0 Å². The van der Waals surface area contributed by atoms with E-state index in [1.165, 1.54) is 0 Å². The summed E-state index contributed by atoms with van der Waals surface area (Å²) in [5.74, 6) is 0. The van der Waals surface area contributed by atoms with Gasteiger partial charge in [0.15, 0.2) is 0 Å². The maximum Gasteiger partial charge on any atom is 0.101 e. The van der Waals surface area contributed by atoms with E-state index in [0.29, 0.717) is 0 Å². The molecule has 0 atom stereocenters. The first kappa shape index (κ1) is 11.9. The average Bonchev–Trinajstić information content (AvgIpc) is 2.18. The van der Waals surface area contributed by atoms with Crippen LogP contribution in [-0.2, 0) is 0 Å². The SMILES string of the molecule is CC1(C)CC(Nc2ccccc2N)=CC(=S)N1. The molecule has 0 saturated heterocycles. The van der Waals surface area contributed by atoms with Crippen molar-refractivity contribution in [1.29, 1.82) is 0 Å². The van der Waals surface area contributed by atoms with Crippen LogP contribution in [0.1, 0.15) is 20.3 Å². The van der Waals surface area contributed by atoms with E-state index < -0.39 is 0 Å². The van der Waals surface area contributed by atoms with Crippen molar-refractivity contribution in [2.75, 3.05) is 11.1 Å². The van der Waals surface area contributed by atoms with Crippen molar-refractivity contribution < 1.29 is 0 Å². The lowest BCUT2D eigenvalue weighted by atomic mass is 9.95. The van der Waals surface area contributed by atoms with Gasteiger partial charge in [-0.1, -0.05) is 24.4 Å². The Hall–Kier alpha value is -1.55. The number of nitrogens with one attached hydrogen (secondary N) is 2. The van der Waals surface area contributed by atoms with Crippen LogP contribution < -0.4 is 16.4 Å². The van der Waals surface area contributed by atoms with Crippen molar-refractivity contribution in [3.05, 3.63) is 36.0 Å². The summed E-state index contributed by atoms with van der Waals surface area (Å²) in [5.41, 5.74) is 8.66. The molecule has 1 aromatic rings. The monoisotopic (exact) mass is 247 g/mol. The fourth-order valence-electron chi connectivity index (χ4n) is 1.96. The fourth-order valence-corrected chi connectivity index (χ4v) is 2.38. The van der Waals surface area contributed by atoms with E-state index in [9.17, 15) is 0 Å². The number of benzene rings is 1. The van der Waals surface area contributed by atoms with Gasteiger partial charge < -0.3 is 16.4 Å². The summed E-state index contributed by atoms with van der Waals surface area (Å²) in [6.45, 7) is 4.25. The van der Waals surface area contributed by atoms with Crippen molar-refractivity contribution in [2.45, 2.75) is 25.8 Å². The first-order valence-electron chi connectivity index (χ1n) is 5.60. The van der Waals surface area contributed by atoms with Gasteiger partial charge in [0.05, 0.1) is 11.4 Å². The summed E-state index contributed by atoms with van der Waals surface area (Å²) >= 11 is 5.22. The molecule has 3 nitrogen and oxygen atoms in total. The van der Waals surface area contributed by atoms with Gasteiger partial charge in [0.2, 0.25) is 0 Å².